The number of rotatable bonds is 18. The van der Waals surface area contributed by atoms with Crippen molar-refractivity contribution >= 4 is 5.97 Å². The summed E-state index contributed by atoms with van der Waals surface area (Å²) >= 11 is 0. The largest absolute Gasteiger partial charge is 0.481 e. The molecule has 0 aromatic heterocycles. The Kier molecular flexibility index (Phi) is 24.7. The highest BCUT2D eigenvalue weighted by molar-refractivity contribution is 5.66. The van der Waals surface area contributed by atoms with Crippen LogP contribution in [-0.2, 0) is 4.79 Å². The SMILES string of the molecule is CCCCCCCCCCCCCCCCCC(=O)O.OCC(O)C(O)O. The van der Waals surface area contributed by atoms with E-state index in [1.807, 2.05) is 0 Å². The Morgan fingerprint density at radius 1 is 0.667 bits per heavy atom. The van der Waals surface area contributed by atoms with Gasteiger partial charge in [0.05, 0.1) is 6.61 Å². The highest BCUT2D eigenvalue weighted by atomic mass is 16.5. The van der Waals surface area contributed by atoms with Crippen LogP contribution in [0.25, 0.3) is 0 Å². The van der Waals surface area contributed by atoms with Crippen molar-refractivity contribution in [1.29, 1.82) is 0 Å². The smallest absolute Gasteiger partial charge is 0.303 e. The van der Waals surface area contributed by atoms with Gasteiger partial charge in [0.2, 0.25) is 0 Å². The van der Waals surface area contributed by atoms with Crippen LogP contribution in [0.5, 0.6) is 0 Å². The Bertz CT molecular complexity index is 296. The molecule has 0 heterocycles. The molecule has 1 unspecified atom stereocenters. The zero-order chi connectivity index (χ0) is 20.8. The molecular formula is C21H44O6. The molecule has 0 aromatic carbocycles. The molecule has 0 spiro atoms. The lowest BCUT2D eigenvalue weighted by Gasteiger charge is -2.06. The number of carboxylic acids is 1. The van der Waals surface area contributed by atoms with Gasteiger partial charge >= 0.3 is 5.97 Å². The minimum atomic E-state index is -1.83. The van der Waals surface area contributed by atoms with E-state index in [0.717, 1.165) is 12.8 Å². The molecule has 0 saturated heterocycles. The second-order valence-corrected chi connectivity index (χ2v) is 7.26. The molecule has 0 aliphatic heterocycles. The van der Waals surface area contributed by atoms with Crippen LogP contribution in [0.1, 0.15) is 110 Å². The summed E-state index contributed by atoms with van der Waals surface area (Å²) < 4.78 is 0. The van der Waals surface area contributed by atoms with Crippen molar-refractivity contribution in [1.82, 2.24) is 0 Å². The molecule has 5 N–H and O–H groups in total. The number of aliphatic hydroxyl groups is 4. The zero-order valence-corrected chi connectivity index (χ0v) is 17.3. The molecule has 0 aliphatic carbocycles. The van der Waals surface area contributed by atoms with Crippen molar-refractivity contribution in [2.45, 2.75) is 122 Å². The molecular weight excluding hydrogens is 348 g/mol. The van der Waals surface area contributed by atoms with Crippen molar-refractivity contribution in [3.8, 4) is 0 Å². The summed E-state index contributed by atoms with van der Waals surface area (Å²) in [6.07, 6.45) is 16.9. The van der Waals surface area contributed by atoms with Crippen molar-refractivity contribution in [2.75, 3.05) is 6.61 Å². The predicted molar refractivity (Wildman–Crippen MR) is 109 cm³/mol. The third kappa shape index (κ3) is 27.6. The predicted octanol–water partition coefficient (Wildman–Crippen LogP) is 3.98. The highest BCUT2D eigenvalue weighted by Crippen LogP contribution is 2.13. The first-order chi connectivity index (χ1) is 13.0. The summed E-state index contributed by atoms with van der Waals surface area (Å²) in [6.45, 7) is 1.64. The Morgan fingerprint density at radius 2 is 1.00 bits per heavy atom. The van der Waals surface area contributed by atoms with Crippen LogP contribution in [-0.4, -0.2) is 50.5 Å². The third-order valence-corrected chi connectivity index (χ3v) is 4.53. The van der Waals surface area contributed by atoms with E-state index in [-0.39, 0.29) is 0 Å². The zero-order valence-electron chi connectivity index (χ0n) is 17.3. The van der Waals surface area contributed by atoms with E-state index in [1.165, 1.54) is 83.5 Å². The van der Waals surface area contributed by atoms with Crippen molar-refractivity contribution in [2.24, 2.45) is 0 Å². The van der Waals surface area contributed by atoms with Crippen LogP contribution in [0.4, 0.5) is 0 Å². The molecule has 0 bridgehead atoms. The quantitative estimate of drug-likeness (QED) is 0.178. The summed E-state index contributed by atoms with van der Waals surface area (Å²) in [5, 5.41) is 40.6. The van der Waals surface area contributed by atoms with Gasteiger partial charge < -0.3 is 25.5 Å². The molecule has 1 atom stereocenters. The van der Waals surface area contributed by atoms with Crippen molar-refractivity contribution in [3.63, 3.8) is 0 Å². The molecule has 0 amide bonds. The van der Waals surface area contributed by atoms with Gasteiger partial charge in [0, 0.05) is 6.42 Å². The summed E-state index contributed by atoms with van der Waals surface area (Å²) in [5.74, 6) is -0.653. The van der Waals surface area contributed by atoms with Crippen molar-refractivity contribution < 1.29 is 30.3 Å². The van der Waals surface area contributed by atoms with E-state index in [4.69, 9.17) is 25.5 Å². The number of carboxylic acid groups (broad SMARTS) is 1. The van der Waals surface area contributed by atoms with Gasteiger partial charge in [-0.1, -0.05) is 96.8 Å². The van der Waals surface area contributed by atoms with E-state index < -0.39 is 25.0 Å². The minimum Gasteiger partial charge on any atom is -0.481 e. The number of aliphatic hydroxyl groups excluding tert-OH is 3. The first-order valence-electron chi connectivity index (χ1n) is 10.8. The molecule has 6 nitrogen and oxygen atoms in total. The molecule has 27 heavy (non-hydrogen) atoms. The number of hydrogen-bond acceptors (Lipinski definition) is 5. The summed E-state index contributed by atoms with van der Waals surface area (Å²) in [6, 6.07) is 0. The van der Waals surface area contributed by atoms with Gasteiger partial charge in [-0.25, -0.2) is 0 Å². The Hall–Kier alpha value is -0.690. The molecule has 0 aliphatic rings. The number of aliphatic carboxylic acids is 1. The third-order valence-electron chi connectivity index (χ3n) is 4.53. The summed E-state index contributed by atoms with van der Waals surface area (Å²) in [7, 11) is 0. The standard InChI is InChI=1S/C18H36O2.C3H8O4/c1-2-3-4-5-6-7-8-9-10-11-12-13-14-15-16-17-18(19)20;4-1-2(5)3(6)7/h2-17H2,1H3,(H,19,20);2-7H,1H2. The van der Waals surface area contributed by atoms with Gasteiger partial charge in [0.1, 0.15) is 6.10 Å². The topological polar surface area (TPSA) is 118 Å². The molecule has 0 aromatic rings. The Balaban J connectivity index is 0. The van der Waals surface area contributed by atoms with Crippen molar-refractivity contribution in [3.05, 3.63) is 0 Å². The molecule has 0 rings (SSSR count). The molecule has 0 radical (unpaired) electrons. The van der Waals surface area contributed by atoms with Crippen LogP contribution >= 0.6 is 0 Å². The van der Waals surface area contributed by atoms with Crippen LogP contribution in [0.3, 0.4) is 0 Å². The van der Waals surface area contributed by atoms with E-state index in [1.54, 1.807) is 0 Å². The van der Waals surface area contributed by atoms with Crippen LogP contribution in [0.2, 0.25) is 0 Å². The van der Waals surface area contributed by atoms with E-state index in [2.05, 4.69) is 6.92 Å². The average Bonchev–Trinajstić information content (AvgIpc) is 2.64. The first-order valence-corrected chi connectivity index (χ1v) is 10.8. The highest BCUT2D eigenvalue weighted by Gasteiger charge is 2.08. The second kappa shape index (κ2) is 23.3. The van der Waals surface area contributed by atoms with Gasteiger partial charge in [-0.15, -0.1) is 0 Å². The summed E-state index contributed by atoms with van der Waals surface area (Å²) in [5.41, 5.74) is 0. The van der Waals surface area contributed by atoms with E-state index in [0.29, 0.717) is 6.42 Å². The van der Waals surface area contributed by atoms with E-state index in [9.17, 15) is 4.79 Å². The molecule has 0 fully saturated rings. The Morgan fingerprint density at radius 3 is 1.22 bits per heavy atom. The first kappa shape index (κ1) is 28.5. The van der Waals surface area contributed by atoms with Gasteiger partial charge in [-0.05, 0) is 6.42 Å². The lowest BCUT2D eigenvalue weighted by molar-refractivity contribution is -0.137. The summed E-state index contributed by atoms with van der Waals surface area (Å²) in [4.78, 5) is 10.3. The van der Waals surface area contributed by atoms with Gasteiger partial charge in [0.25, 0.3) is 0 Å². The molecule has 6 heteroatoms. The monoisotopic (exact) mass is 392 g/mol. The van der Waals surface area contributed by atoms with Crippen LogP contribution < -0.4 is 0 Å². The van der Waals surface area contributed by atoms with Gasteiger partial charge in [-0.3, -0.25) is 4.79 Å². The van der Waals surface area contributed by atoms with Gasteiger partial charge in [-0.2, -0.15) is 0 Å². The fraction of sp³-hybridized carbons (Fsp3) is 0.952. The second-order valence-electron chi connectivity index (χ2n) is 7.26. The average molecular weight is 393 g/mol. The number of unbranched alkanes of at least 4 members (excludes halogenated alkanes) is 14. The van der Waals surface area contributed by atoms with Crippen LogP contribution in [0.15, 0.2) is 0 Å². The number of hydrogen-bond donors (Lipinski definition) is 5. The maximum atomic E-state index is 10.3. The number of carbonyl (C=O) groups is 1. The molecule has 0 saturated carbocycles. The minimum absolute atomic E-state index is 0.345. The fourth-order valence-corrected chi connectivity index (χ4v) is 2.74. The maximum Gasteiger partial charge on any atom is 0.303 e. The lowest BCUT2D eigenvalue weighted by Crippen LogP contribution is -2.28. The lowest BCUT2D eigenvalue weighted by atomic mass is 10.0. The van der Waals surface area contributed by atoms with Gasteiger partial charge in [0.15, 0.2) is 6.29 Å². The van der Waals surface area contributed by atoms with Crippen LogP contribution in [0, 0.1) is 0 Å². The fourth-order valence-electron chi connectivity index (χ4n) is 2.74. The van der Waals surface area contributed by atoms with E-state index >= 15 is 0 Å². The normalized spacial score (nSPS) is 11.9. The maximum absolute atomic E-state index is 10.3. The molecule has 164 valence electrons. The Labute approximate surface area is 165 Å².